The van der Waals surface area contributed by atoms with Crippen molar-refractivity contribution in [3.8, 4) is 11.5 Å². The zero-order valence-corrected chi connectivity index (χ0v) is 11.5. The summed E-state index contributed by atoms with van der Waals surface area (Å²) in [5.74, 6) is 0.605. The van der Waals surface area contributed by atoms with Gasteiger partial charge in [-0.1, -0.05) is 12.1 Å². The first kappa shape index (κ1) is 14.3. The first-order valence-electron chi connectivity index (χ1n) is 5.85. The Bertz CT molecular complexity index is 611. The third-order valence-corrected chi connectivity index (χ3v) is 2.92. The fourth-order valence-corrected chi connectivity index (χ4v) is 1.77. The molecule has 2 aromatic rings. The second kappa shape index (κ2) is 6.39. The summed E-state index contributed by atoms with van der Waals surface area (Å²) in [6.45, 7) is 0.269. The number of hydrogen-bond donors (Lipinski definition) is 0. The Balaban J connectivity index is 2.12. The van der Waals surface area contributed by atoms with Crippen LogP contribution in [-0.2, 0) is 6.61 Å². The maximum Gasteiger partial charge on any atom is 0.252 e. The molecule has 0 heterocycles. The van der Waals surface area contributed by atoms with Crippen molar-refractivity contribution in [1.82, 2.24) is 0 Å². The lowest BCUT2D eigenvalue weighted by Gasteiger charge is -2.11. The van der Waals surface area contributed by atoms with Gasteiger partial charge in [0.15, 0.2) is 11.5 Å². The van der Waals surface area contributed by atoms with Gasteiger partial charge in [-0.05, 0) is 47.5 Å². The van der Waals surface area contributed by atoms with E-state index < -0.39 is 5.24 Å². The van der Waals surface area contributed by atoms with Crippen molar-refractivity contribution < 1.29 is 18.7 Å². The predicted molar refractivity (Wildman–Crippen MR) is 73.9 cm³/mol. The van der Waals surface area contributed by atoms with E-state index in [-0.39, 0.29) is 12.4 Å². The van der Waals surface area contributed by atoms with Crippen LogP contribution in [0.25, 0.3) is 0 Å². The van der Waals surface area contributed by atoms with Gasteiger partial charge in [0.05, 0.1) is 7.11 Å². The number of carbonyl (C=O) groups excluding carboxylic acids is 1. The summed E-state index contributed by atoms with van der Waals surface area (Å²) in [6, 6.07) is 10.7. The Kier molecular flexibility index (Phi) is 4.58. The van der Waals surface area contributed by atoms with Crippen LogP contribution in [0.1, 0.15) is 15.9 Å². The van der Waals surface area contributed by atoms with Crippen LogP contribution >= 0.6 is 11.6 Å². The van der Waals surface area contributed by atoms with Crippen LogP contribution in [0.3, 0.4) is 0 Å². The SMILES string of the molecule is COc1cc(C(=O)Cl)ccc1OCc1ccc(F)cc1. The number of methoxy groups -OCH3 is 1. The standard InChI is InChI=1S/C15H12ClFO3/c1-19-14-8-11(15(16)18)4-7-13(14)20-9-10-2-5-12(17)6-3-10/h2-8H,9H2,1H3. The molecule has 0 bridgehead atoms. The fraction of sp³-hybridized carbons (Fsp3) is 0.133. The molecule has 0 aliphatic rings. The minimum Gasteiger partial charge on any atom is -0.493 e. The summed E-state index contributed by atoms with van der Waals surface area (Å²) < 4.78 is 23.5. The van der Waals surface area contributed by atoms with Crippen molar-refractivity contribution in [3.63, 3.8) is 0 Å². The molecule has 0 saturated heterocycles. The first-order valence-corrected chi connectivity index (χ1v) is 6.23. The van der Waals surface area contributed by atoms with Crippen LogP contribution in [-0.4, -0.2) is 12.4 Å². The Labute approximate surface area is 120 Å². The van der Waals surface area contributed by atoms with Gasteiger partial charge in [-0.3, -0.25) is 4.79 Å². The van der Waals surface area contributed by atoms with Crippen LogP contribution in [0.15, 0.2) is 42.5 Å². The fourth-order valence-electron chi connectivity index (χ4n) is 1.65. The lowest BCUT2D eigenvalue weighted by atomic mass is 10.2. The maximum absolute atomic E-state index is 12.8. The molecule has 104 valence electrons. The van der Waals surface area contributed by atoms with Gasteiger partial charge in [-0.15, -0.1) is 0 Å². The van der Waals surface area contributed by atoms with Gasteiger partial charge in [-0.25, -0.2) is 4.39 Å². The lowest BCUT2D eigenvalue weighted by Crippen LogP contribution is -1.99. The molecule has 0 N–H and O–H groups in total. The molecule has 20 heavy (non-hydrogen) atoms. The smallest absolute Gasteiger partial charge is 0.252 e. The van der Waals surface area contributed by atoms with Crippen LogP contribution in [0.5, 0.6) is 11.5 Å². The Morgan fingerprint density at radius 3 is 2.45 bits per heavy atom. The summed E-state index contributed by atoms with van der Waals surface area (Å²) in [6.07, 6.45) is 0. The van der Waals surface area contributed by atoms with Gasteiger partial charge in [0, 0.05) is 5.56 Å². The van der Waals surface area contributed by atoms with Crippen molar-refractivity contribution in [1.29, 1.82) is 0 Å². The molecule has 0 unspecified atom stereocenters. The topological polar surface area (TPSA) is 35.5 Å². The average molecular weight is 295 g/mol. The van der Waals surface area contributed by atoms with Crippen molar-refractivity contribution in [2.24, 2.45) is 0 Å². The molecule has 0 amide bonds. The molecule has 0 aliphatic carbocycles. The molecule has 3 nitrogen and oxygen atoms in total. The van der Waals surface area contributed by atoms with Gasteiger partial charge in [0.25, 0.3) is 5.24 Å². The third kappa shape index (κ3) is 3.48. The van der Waals surface area contributed by atoms with Crippen LogP contribution < -0.4 is 9.47 Å². The summed E-state index contributed by atoms with van der Waals surface area (Å²) >= 11 is 5.40. The summed E-state index contributed by atoms with van der Waals surface area (Å²) in [7, 11) is 1.47. The quantitative estimate of drug-likeness (QED) is 0.787. The summed E-state index contributed by atoms with van der Waals surface area (Å²) in [5.41, 5.74) is 1.16. The van der Waals surface area contributed by atoms with E-state index in [9.17, 15) is 9.18 Å². The Hall–Kier alpha value is -2.07. The van der Waals surface area contributed by atoms with Gasteiger partial charge >= 0.3 is 0 Å². The number of hydrogen-bond acceptors (Lipinski definition) is 3. The van der Waals surface area contributed by atoms with E-state index in [1.165, 1.54) is 25.3 Å². The maximum atomic E-state index is 12.8. The van der Waals surface area contributed by atoms with E-state index in [0.29, 0.717) is 17.1 Å². The van der Waals surface area contributed by atoms with Gasteiger partial charge < -0.3 is 9.47 Å². The molecule has 0 spiro atoms. The van der Waals surface area contributed by atoms with Crippen LogP contribution in [0.2, 0.25) is 0 Å². The predicted octanol–water partition coefficient (Wildman–Crippen LogP) is 3.79. The molecular formula is C15H12ClFO3. The largest absolute Gasteiger partial charge is 0.493 e. The number of benzene rings is 2. The number of ether oxygens (including phenoxy) is 2. The van der Waals surface area contributed by atoms with E-state index in [2.05, 4.69) is 0 Å². The molecule has 0 atom stereocenters. The molecule has 2 rings (SSSR count). The first-order chi connectivity index (χ1) is 9.60. The minimum absolute atomic E-state index is 0.269. The Morgan fingerprint density at radius 2 is 1.85 bits per heavy atom. The molecule has 0 aromatic heterocycles. The van der Waals surface area contributed by atoms with Gasteiger partial charge in [0.2, 0.25) is 0 Å². The second-order valence-electron chi connectivity index (χ2n) is 4.05. The third-order valence-electron chi connectivity index (χ3n) is 2.70. The number of carbonyl (C=O) groups is 1. The van der Waals surface area contributed by atoms with Crippen molar-refractivity contribution in [2.75, 3.05) is 7.11 Å². The number of halogens is 2. The molecule has 0 saturated carbocycles. The normalized spacial score (nSPS) is 10.2. The van der Waals surface area contributed by atoms with E-state index >= 15 is 0 Å². The highest BCUT2D eigenvalue weighted by Crippen LogP contribution is 2.29. The van der Waals surface area contributed by atoms with E-state index in [4.69, 9.17) is 21.1 Å². The second-order valence-corrected chi connectivity index (χ2v) is 4.40. The molecular weight excluding hydrogens is 283 g/mol. The van der Waals surface area contributed by atoms with Crippen molar-refractivity contribution >= 4 is 16.8 Å². The monoisotopic (exact) mass is 294 g/mol. The van der Waals surface area contributed by atoms with E-state index in [0.717, 1.165) is 5.56 Å². The highest BCUT2D eigenvalue weighted by molar-refractivity contribution is 6.67. The van der Waals surface area contributed by atoms with Gasteiger partial charge in [-0.2, -0.15) is 0 Å². The Morgan fingerprint density at radius 1 is 1.15 bits per heavy atom. The minimum atomic E-state index is -0.562. The lowest BCUT2D eigenvalue weighted by molar-refractivity contribution is 0.108. The number of rotatable bonds is 5. The highest BCUT2D eigenvalue weighted by Gasteiger charge is 2.09. The highest BCUT2D eigenvalue weighted by atomic mass is 35.5. The molecule has 2 aromatic carbocycles. The van der Waals surface area contributed by atoms with E-state index in [1.807, 2.05) is 0 Å². The molecule has 5 heteroatoms. The zero-order chi connectivity index (χ0) is 14.5. The summed E-state index contributed by atoms with van der Waals surface area (Å²) in [5, 5.41) is -0.562. The van der Waals surface area contributed by atoms with Crippen molar-refractivity contribution in [2.45, 2.75) is 6.61 Å². The van der Waals surface area contributed by atoms with Crippen LogP contribution in [0.4, 0.5) is 4.39 Å². The zero-order valence-electron chi connectivity index (χ0n) is 10.7. The van der Waals surface area contributed by atoms with Crippen molar-refractivity contribution in [3.05, 3.63) is 59.4 Å². The van der Waals surface area contributed by atoms with Gasteiger partial charge in [0.1, 0.15) is 12.4 Å². The molecule has 0 fully saturated rings. The van der Waals surface area contributed by atoms with E-state index in [1.54, 1.807) is 24.3 Å². The van der Waals surface area contributed by atoms with Crippen LogP contribution in [0, 0.1) is 5.82 Å². The molecule has 0 aliphatic heterocycles. The molecule has 0 radical (unpaired) electrons. The average Bonchev–Trinajstić information content (AvgIpc) is 2.46. The summed E-state index contributed by atoms with van der Waals surface area (Å²) in [4.78, 5) is 11.1.